The van der Waals surface area contributed by atoms with Gasteiger partial charge in [0.15, 0.2) is 6.61 Å². The molecule has 0 aromatic heterocycles. The molecule has 1 amide bonds. The van der Waals surface area contributed by atoms with Crippen molar-refractivity contribution >= 4 is 11.9 Å². The molecule has 0 aliphatic carbocycles. The van der Waals surface area contributed by atoms with Crippen molar-refractivity contribution in [2.24, 2.45) is 5.92 Å². The monoisotopic (exact) mass is 381 g/mol. The normalized spacial score (nSPS) is 11.9. The second-order valence-corrected chi connectivity index (χ2v) is 7.88. The standard InChI is InChI=1S/C24H31NO3/c1-16(2)12-20-8-10-22(11-9-20)19(5)25-23(26)15-28-24(27)14-21-7-6-17(3)18(4)13-21/h6-11,13,16,19H,12,14-15H2,1-5H3,(H,25,26)/t19-/m0/s1. The number of hydrogen-bond acceptors (Lipinski definition) is 3. The third-order valence-corrected chi connectivity index (χ3v) is 4.79. The van der Waals surface area contributed by atoms with E-state index in [1.807, 2.05) is 51.1 Å². The Kier molecular flexibility index (Phi) is 7.80. The van der Waals surface area contributed by atoms with E-state index >= 15 is 0 Å². The zero-order valence-electron chi connectivity index (χ0n) is 17.5. The molecule has 0 aliphatic heterocycles. The molecular weight excluding hydrogens is 350 g/mol. The number of aryl methyl sites for hydroxylation is 2. The SMILES string of the molecule is Cc1ccc(CC(=O)OCC(=O)N[C@@H](C)c2ccc(CC(C)C)cc2)cc1C. The number of ether oxygens (including phenoxy) is 1. The van der Waals surface area contributed by atoms with E-state index in [4.69, 9.17) is 4.74 Å². The highest BCUT2D eigenvalue weighted by atomic mass is 16.5. The van der Waals surface area contributed by atoms with E-state index in [9.17, 15) is 9.59 Å². The van der Waals surface area contributed by atoms with Crippen LogP contribution in [0.3, 0.4) is 0 Å². The summed E-state index contributed by atoms with van der Waals surface area (Å²) in [6.45, 7) is 10.1. The Morgan fingerprint density at radius 1 is 0.929 bits per heavy atom. The molecule has 0 saturated carbocycles. The Morgan fingerprint density at radius 3 is 2.18 bits per heavy atom. The van der Waals surface area contributed by atoms with E-state index in [0.29, 0.717) is 5.92 Å². The Hall–Kier alpha value is -2.62. The minimum atomic E-state index is -0.399. The number of esters is 1. The molecule has 0 spiro atoms. The second kappa shape index (κ2) is 10.1. The van der Waals surface area contributed by atoms with Crippen molar-refractivity contribution in [2.75, 3.05) is 6.61 Å². The zero-order valence-corrected chi connectivity index (χ0v) is 17.5. The highest BCUT2D eigenvalue weighted by molar-refractivity contribution is 5.81. The smallest absolute Gasteiger partial charge is 0.310 e. The van der Waals surface area contributed by atoms with Gasteiger partial charge in [-0.05, 0) is 60.9 Å². The summed E-state index contributed by atoms with van der Waals surface area (Å²) < 4.78 is 5.13. The molecule has 28 heavy (non-hydrogen) atoms. The van der Waals surface area contributed by atoms with Gasteiger partial charge in [-0.25, -0.2) is 0 Å². The van der Waals surface area contributed by atoms with E-state index in [1.165, 1.54) is 11.1 Å². The number of rotatable bonds is 8. The first-order valence-electron chi connectivity index (χ1n) is 9.84. The van der Waals surface area contributed by atoms with Crippen molar-refractivity contribution in [3.8, 4) is 0 Å². The van der Waals surface area contributed by atoms with Gasteiger partial charge in [-0.1, -0.05) is 56.3 Å². The fourth-order valence-corrected chi connectivity index (χ4v) is 3.06. The van der Waals surface area contributed by atoms with Crippen LogP contribution < -0.4 is 5.32 Å². The highest BCUT2D eigenvalue weighted by Gasteiger charge is 2.13. The van der Waals surface area contributed by atoms with Crippen LogP contribution in [0.2, 0.25) is 0 Å². The molecule has 2 aromatic rings. The Bertz CT molecular complexity index is 809. The van der Waals surface area contributed by atoms with Gasteiger partial charge in [-0.3, -0.25) is 9.59 Å². The van der Waals surface area contributed by atoms with Gasteiger partial charge in [0.25, 0.3) is 5.91 Å². The maximum absolute atomic E-state index is 12.1. The van der Waals surface area contributed by atoms with Gasteiger partial charge in [-0.2, -0.15) is 0 Å². The third-order valence-electron chi connectivity index (χ3n) is 4.79. The van der Waals surface area contributed by atoms with Crippen molar-refractivity contribution in [3.05, 3.63) is 70.3 Å². The largest absolute Gasteiger partial charge is 0.455 e. The molecule has 0 aliphatic rings. The van der Waals surface area contributed by atoms with Crippen LogP contribution >= 0.6 is 0 Å². The number of nitrogens with one attached hydrogen (secondary N) is 1. The maximum atomic E-state index is 12.1. The summed E-state index contributed by atoms with van der Waals surface area (Å²) in [5, 5.41) is 2.88. The number of amides is 1. The molecule has 2 aromatic carbocycles. The van der Waals surface area contributed by atoms with Gasteiger partial charge in [0, 0.05) is 0 Å². The van der Waals surface area contributed by atoms with Gasteiger partial charge >= 0.3 is 5.97 Å². The predicted molar refractivity (Wildman–Crippen MR) is 112 cm³/mol. The van der Waals surface area contributed by atoms with Crippen LogP contribution in [0.15, 0.2) is 42.5 Å². The summed E-state index contributed by atoms with van der Waals surface area (Å²) in [5.74, 6) is -0.0854. The molecule has 0 unspecified atom stereocenters. The lowest BCUT2D eigenvalue weighted by atomic mass is 10.00. The van der Waals surface area contributed by atoms with E-state index in [0.717, 1.165) is 23.1 Å². The lowest BCUT2D eigenvalue weighted by Gasteiger charge is -2.15. The van der Waals surface area contributed by atoms with Gasteiger partial charge in [0.1, 0.15) is 0 Å². The van der Waals surface area contributed by atoms with Gasteiger partial charge in [0.2, 0.25) is 0 Å². The molecular formula is C24H31NO3. The van der Waals surface area contributed by atoms with E-state index in [-0.39, 0.29) is 25.0 Å². The van der Waals surface area contributed by atoms with Crippen molar-refractivity contribution in [1.29, 1.82) is 0 Å². The van der Waals surface area contributed by atoms with E-state index in [1.54, 1.807) is 0 Å². The molecule has 4 heteroatoms. The third kappa shape index (κ3) is 6.84. The van der Waals surface area contributed by atoms with E-state index in [2.05, 4.69) is 31.3 Å². The van der Waals surface area contributed by atoms with E-state index < -0.39 is 5.97 Å². The van der Waals surface area contributed by atoms with Gasteiger partial charge in [0.05, 0.1) is 12.5 Å². The average molecular weight is 382 g/mol. The minimum absolute atomic E-state index is 0.140. The van der Waals surface area contributed by atoms with Crippen LogP contribution in [-0.2, 0) is 27.2 Å². The Balaban J connectivity index is 1.79. The lowest BCUT2D eigenvalue weighted by molar-refractivity contribution is -0.148. The molecule has 0 bridgehead atoms. The zero-order chi connectivity index (χ0) is 20.7. The van der Waals surface area contributed by atoms with Crippen LogP contribution in [0.4, 0.5) is 0 Å². The molecule has 1 N–H and O–H groups in total. The van der Waals surface area contributed by atoms with Crippen LogP contribution in [-0.4, -0.2) is 18.5 Å². The Morgan fingerprint density at radius 2 is 1.57 bits per heavy atom. The van der Waals surface area contributed by atoms with Crippen molar-refractivity contribution in [1.82, 2.24) is 5.32 Å². The molecule has 4 nitrogen and oxygen atoms in total. The Labute approximate surface area is 168 Å². The first-order valence-corrected chi connectivity index (χ1v) is 9.84. The molecule has 150 valence electrons. The first-order chi connectivity index (χ1) is 13.2. The summed E-state index contributed by atoms with van der Waals surface area (Å²) >= 11 is 0. The van der Waals surface area contributed by atoms with Crippen molar-refractivity contribution in [3.63, 3.8) is 0 Å². The molecule has 0 heterocycles. The minimum Gasteiger partial charge on any atom is -0.455 e. The summed E-state index contributed by atoms with van der Waals surface area (Å²) in [4.78, 5) is 24.1. The summed E-state index contributed by atoms with van der Waals surface area (Å²) in [6.07, 6.45) is 1.21. The van der Waals surface area contributed by atoms with Crippen LogP contribution in [0.25, 0.3) is 0 Å². The highest BCUT2D eigenvalue weighted by Crippen LogP contribution is 2.15. The molecule has 1 atom stereocenters. The van der Waals surface area contributed by atoms with Crippen LogP contribution in [0.5, 0.6) is 0 Å². The molecule has 0 radical (unpaired) electrons. The van der Waals surface area contributed by atoms with Crippen molar-refractivity contribution < 1.29 is 14.3 Å². The van der Waals surface area contributed by atoms with Crippen LogP contribution in [0, 0.1) is 19.8 Å². The fourth-order valence-electron chi connectivity index (χ4n) is 3.06. The number of carbonyl (C=O) groups excluding carboxylic acids is 2. The summed E-state index contributed by atoms with van der Waals surface area (Å²) in [5.41, 5.74) is 5.53. The summed E-state index contributed by atoms with van der Waals surface area (Å²) in [7, 11) is 0. The molecule has 2 rings (SSSR count). The number of hydrogen-bond donors (Lipinski definition) is 1. The predicted octanol–water partition coefficient (Wildman–Crippen LogP) is 4.47. The molecule has 0 saturated heterocycles. The lowest BCUT2D eigenvalue weighted by Crippen LogP contribution is -2.31. The number of carbonyl (C=O) groups is 2. The van der Waals surface area contributed by atoms with Gasteiger partial charge in [-0.15, -0.1) is 0 Å². The van der Waals surface area contributed by atoms with Gasteiger partial charge < -0.3 is 10.1 Å². The first kappa shape index (κ1) is 21.7. The summed E-state index contributed by atoms with van der Waals surface area (Å²) in [6, 6.07) is 14.0. The number of benzene rings is 2. The maximum Gasteiger partial charge on any atom is 0.310 e. The quantitative estimate of drug-likeness (QED) is 0.687. The van der Waals surface area contributed by atoms with Crippen molar-refractivity contribution in [2.45, 2.75) is 53.5 Å². The van der Waals surface area contributed by atoms with Crippen LogP contribution in [0.1, 0.15) is 54.6 Å². The topological polar surface area (TPSA) is 55.4 Å². The molecule has 0 fully saturated rings. The fraction of sp³-hybridized carbons (Fsp3) is 0.417. The average Bonchev–Trinajstić information content (AvgIpc) is 2.63. The second-order valence-electron chi connectivity index (χ2n) is 7.88.